The molecule has 0 bridgehead atoms. The van der Waals surface area contributed by atoms with Gasteiger partial charge in [0.15, 0.2) is 0 Å². The molecule has 1 heteroatoms. The summed E-state index contributed by atoms with van der Waals surface area (Å²) in [7, 11) is 0. The smallest absolute Gasteiger partial charge is 0.135 e. The SMILES string of the molecule is CC=CCCCC(=O)C(C)C. The van der Waals surface area contributed by atoms with Gasteiger partial charge in [0.25, 0.3) is 0 Å². The molecule has 0 spiro atoms. The van der Waals surface area contributed by atoms with Crippen LogP contribution in [0, 0.1) is 5.92 Å². The first kappa shape index (κ1) is 10.4. The molecule has 0 aromatic heterocycles. The van der Waals surface area contributed by atoms with Crippen molar-refractivity contribution in [2.75, 3.05) is 0 Å². The van der Waals surface area contributed by atoms with Crippen molar-refractivity contribution in [3.05, 3.63) is 12.2 Å². The molecule has 0 atom stereocenters. The molecule has 0 aliphatic carbocycles. The van der Waals surface area contributed by atoms with Gasteiger partial charge in [-0.15, -0.1) is 0 Å². The number of hydrogen-bond acceptors (Lipinski definition) is 1. The maximum absolute atomic E-state index is 11.1. The first-order chi connectivity index (χ1) is 5.18. The van der Waals surface area contributed by atoms with Crippen LogP contribution < -0.4 is 0 Å². The van der Waals surface area contributed by atoms with Gasteiger partial charge in [0.2, 0.25) is 0 Å². The van der Waals surface area contributed by atoms with Crippen LogP contribution in [0.2, 0.25) is 0 Å². The van der Waals surface area contributed by atoms with Crippen LogP contribution in [0.5, 0.6) is 0 Å². The minimum absolute atomic E-state index is 0.209. The summed E-state index contributed by atoms with van der Waals surface area (Å²) >= 11 is 0. The van der Waals surface area contributed by atoms with Gasteiger partial charge < -0.3 is 0 Å². The van der Waals surface area contributed by atoms with Gasteiger partial charge in [-0.1, -0.05) is 26.0 Å². The van der Waals surface area contributed by atoms with Gasteiger partial charge in [0.05, 0.1) is 0 Å². The van der Waals surface area contributed by atoms with Gasteiger partial charge >= 0.3 is 0 Å². The number of unbranched alkanes of at least 4 members (excludes halogenated alkanes) is 1. The number of allylic oxidation sites excluding steroid dienone is 2. The first-order valence-corrected chi connectivity index (χ1v) is 4.32. The van der Waals surface area contributed by atoms with E-state index in [-0.39, 0.29) is 5.92 Å². The van der Waals surface area contributed by atoms with Gasteiger partial charge in [-0.3, -0.25) is 4.79 Å². The van der Waals surface area contributed by atoms with Crippen molar-refractivity contribution in [2.45, 2.75) is 40.0 Å². The van der Waals surface area contributed by atoms with E-state index in [4.69, 9.17) is 0 Å². The second-order valence-electron chi connectivity index (χ2n) is 3.08. The molecule has 0 N–H and O–H groups in total. The summed E-state index contributed by atoms with van der Waals surface area (Å²) in [6.45, 7) is 5.92. The number of ketones is 1. The number of carbonyl (C=O) groups excluding carboxylic acids is 1. The second kappa shape index (κ2) is 6.14. The molecule has 11 heavy (non-hydrogen) atoms. The zero-order valence-electron chi connectivity index (χ0n) is 7.76. The molecular formula is C10H18O. The Labute approximate surface area is 69.5 Å². The lowest BCUT2D eigenvalue weighted by Crippen LogP contribution is -2.05. The summed E-state index contributed by atoms with van der Waals surface area (Å²) in [5.74, 6) is 0.593. The number of Topliss-reactive ketones (excluding diaryl/α,β-unsaturated/α-hetero) is 1. The van der Waals surface area contributed by atoms with Gasteiger partial charge in [-0.05, 0) is 19.8 Å². The highest BCUT2D eigenvalue weighted by atomic mass is 16.1. The average molecular weight is 154 g/mol. The highest BCUT2D eigenvalue weighted by Crippen LogP contribution is 2.04. The Bertz CT molecular complexity index is 134. The fourth-order valence-electron chi connectivity index (χ4n) is 0.849. The molecule has 0 amide bonds. The topological polar surface area (TPSA) is 17.1 Å². The highest BCUT2D eigenvalue weighted by Gasteiger charge is 2.04. The first-order valence-electron chi connectivity index (χ1n) is 4.32. The third-order valence-electron chi connectivity index (χ3n) is 1.67. The molecule has 0 aliphatic rings. The van der Waals surface area contributed by atoms with E-state index < -0.39 is 0 Å². The minimum Gasteiger partial charge on any atom is -0.299 e. The summed E-state index contributed by atoms with van der Waals surface area (Å²) in [4.78, 5) is 11.1. The Kier molecular flexibility index (Phi) is 5.81. The Balaban J connectivity index is 3.32. The number of hydrogen-bond donors (Lipinski definition) is 0. The third kappa shape index (κ3) is 5.84. The highest BCUT2D eigenvalue weighted by molar-refractivity contribution is 5.80. The van der Waals surface area contributed by atoms with E-state index in [0.29, 0.717) is 5.78 Å². The monoisotopic (exact) mass is 154 g/mol. The quantitative estimate of drug-likeness (QED) is 0.439. The lowest BCUT2D eigenvalue weighted by atomic mass is 10.0. The van der Waals surface area contributed by atoms with Crippen LogP contribution >= 0.6 is 0 Å². The molecule has 0 aromatic rings. The van der Waals surface area contributed by atoms with Gasteiger partial charge in [-0.2, -0.15) is 0 Å². The van der Waals surface area contributed by atoms with Gasteiger partial charge in [0.1, 0.15) is 5.78 Å². The van der Waals surface area contributed by atoms with Gasteiger partial charge in [0, 0.05) is 12.3 Å². The van der Waals surface area contributed by atoms with Crippen molar-refractivity contribution in [3.63, 3.8) is 0 Å². The number of carbonyl (C=O) groups is 1. The van der Waals surface area contributed by atoms with Gasteiger partial charge in [-0.25, -0.2) is 0 Å². The summed E-state index contributed by atoms with van der Waals surface area (Å²) in [6, 6.07) is 0. The second-order valence-corrected chi connectivity index (χ2v) is 3.08. The van der Waals surface area contributed by atoms with Crippen molar-refractivity contribution in [2.24, 2.45) is 5.92 Å². The predicted octanol–water partition coefficient (Wildman–Crippen LogP) is 2.96. The molecular weight excluding hydrogens is 136 g/mol. The summed E-state index contributed by atoms with van der Waals surface area (Å²) in [5, 5.41) is 0. The Morgan fingerprint density at radius 3 is 2.55 bits per heavy atom. The Morgan fingerprint density at radius 2 is 2.09 bits per heavy atom. The largest absolute Gasteiger partial charge is 0.299 e. The maximum Gasteiger partial charge on any atom is 0.135 e. The minimum atomic E-state index is 0.209. The predicted molar refractivity (Wildman–Crippen MR) is 48.5 cm³/mol. The molecule has 0 rings (SSSR count). The van der Waals surface area contributed by atoms with E-state index in [2.05, 4.69) is 6.08 Å². The average Bonchev–Trinajstić information content (AvgIpc) is 1.97. The number of rotatable bonds is 5. The lowest BCUT2D eigenvalue weighted by Gasteiger charge is -2.01. The fraction of sp³-hybridized carbons (Fsp3) is 0.700. The van der Waals surface area contributed by atoms with E-state index in [1.807, 2.05) is 26.8 Å². The standard InChI is InChI=1S/C10H18O/c1-4-5-6-7-8-10(11)9(2)3/h4-5,9H,6-8H2,1-3H3. The summed E-state index contributed by atoms with van der Waals surface area (Å²) in [5.41, 5.74) is 0. The van der Waals surface area contributed by atoms with E-state index in [0.717, 1.165) is 19.3 Å². The summed E-state index contributed by atoms with van der Waals surface area (Å²) in [6.07, 6.45) is 6.91. The fourth-order valence-corrected chi connectivity index (χ4v) is 0.849. The lowest BCUT2D eigenvalue weighted by molar-refractivity contribution is -0.121. The van der Waals surface area contributed by atoms with Crippen LogP contribution in [0.4, 0.5) is 0 Å². The van der Waals surface area contributed by atoms with Crippen LogP contribution in [-0.2, 0) is 4.79 Å². The molecule has 1 nitrogen and oxygen atoms in total. The molecule has 0 heterocycles. The van der Waals surface area contributed by atoms with E-state index >= 15 is 0 Å². The zero-order valence-corrected chi connectivity index (χ0v) is 7.76. The molecule has 0 saturated heterocycles. The van der Waals surface area contributed by atoms with Crippen LogP contribution in [0.1, 0.15) is 40.0 Å². The zero-order chi connectivity index (χ0) is 8.69. The van der Waals surface area contributed by atoms with Crippen molar-refractivity contribution in [3.8, 4) is 0 Å². The molecule has 0 radical (unpaired) electrons. The summed E-state index contributed by atoms with van der Waals surface area (Å²) < 4.78 is 0. The van der Waals surface area contributed by atoms with Crippen LogP contribution in [0.3, 0.4) is 0 Å². The van der Waals surface area contributed by atoms with E-state index in [1.165, 1.54) is 0 Å². The Morgan fingerprint density at radius 1 is 1.45 bits per heavy atom. The molecule has 0 fully saturated rings. The van der Waals surface area contributed by atoms with E-state index in [1.54, 1.807) is 0 Å². The van der Waals surface area contributed by atoms with Crippen molar-refractivity contribution < 1.29 is 4.79 Å². The van der Waals surface area contributed by atoms with Crippen LogP contribution in [0.15, 0.2) is 12.2 Å². The normalized spacial score (nSPS) is 11.3. The van der Waals surface area contributed by atoms with Crippen molar-refractivity contribution >= 4 is 5.78 Å². The molecule has 0 aromatic carbocycles. The van der Waals surface area contributed by atoms with Crippen LogP contribution in [-0.4, -0.2) is 5.78 Å². The molecule has 0 saturated carbocycles. The maximum atomic E-state index is 11.1. The molecule has 0 aliphatic heterocycles. The van der Waals surface area contributed by atoms with E-state index in [9.17, 15) is 4.79 Å². The Hall–Kier alpha value is -0.590. The molecule has 64 valence electrons. The van der Waals surface area contributed by atoms with Crippen molar-refractivity contribution in [1.82, 2.24) is 0 Å². The molecule has 0 unspecified atom stereocenters. The van der Waals surface area contributed by atoms with Crippen LogP contribution in [0.25, 0.3) is 0 Å². The third-order valence-corrected chi connectivity index (χ3v) is 1.67. The van der Waals surface area contributed by atoms with Crippen molar-refractivity contribution in [1.29, 1.82) is 0 Å².